The summed E-state index contributed by atoms with van der Waals surface area (Å²) in [5, 5.41) is 13.0. The largest absolute Gasteiger partial charge is 0.386 e. The second-order valence-corrected chi connectivity index (χ2v) is 7.53. The molecule has 0 aliphatic heterocycles. The summed E-state index contributed by atoms with van der Waals surface area (Å²) in [6.07, 6.45) is -1.12. The van der Waals surface area contributed by atoms with Crippen LogP contribution in [0.1, 0.15) is 89.1 Å². The van der Waals surface area contributed by atoms with E-state index < -0.39 is 43.4 Å². The number of rotatable bonds is 6. The number of imidazole rings is 1. The molecule has 1 fully saturated rings. The van der Waals surface area contributed by atoms with Gasteiger partial charge < -0.3 is 9.67 Å². The maximum absolute atomic E-state index is 13.1. The van der Waals surface area contributed by atoms with Gasteiger partial charge in [-0.1, -0.05) is 33.1 Å². The number of aliphatic hydroxyl groups is 1. The zero-order chi connectivity index (χ0) is 25.9. The first-order valence-electron chi connectivity index (χ1n) is 12.8. The third-order valence-electron chi connectivity index (χ3n) is 4.94. The Morgan fingerprint density at radius 3 is 2.73 bits per heavy atom. The van der Waals surface area contributed by atoms with Crippen molar-refractivity contribution in [2.75, 3.05) is 5.32 Å². The molecule has 0 atom stereocenters. The summed E-state index contributed by atoms with van der Waals surface area (Å²) in [6.45, 7) is -2.36. The third kappa shape index (κ3) is 3.78. The Balaban J connectivity index is 2.05. The number of nitrogens with one attached hydrogen (secondary N) is 1. The van der Waals surface area contributed by atoms with Gasteiger partial charge in [0.15, 0.2) is 0 Å². The lowest BCUT2D eigenvalue weighted by Crippen LogP contribution is -2.25. The van der Waals surface area contributed by atoms with Gasteiger partial charge in [-0.25, -0.2) is 4.98 Å². The van der Waals surface area contributed by atoms with Gasteiger partial charge in [0.1, 0.15) is 0 Å². The second-order valence-electron chi connectivity index (χ2n) is 7.53. The SMILES string of the molecule is [2H]C([2H])([2H])C(CC(=O)Nc1nc2ccc(C(C)(C)O)cc2n1C1CCC1)(C([2H])([2H])[2H])C([2H])([2H])C. The molecule has 1 aromatic carbocycles. The number of aromatic nitrogens is 2. The highest BCUT2D eigenvalue weighted by atomic mass is 16.3. The molecule has 2 aromatic rings. The van der Waals surface area contributed by atoms with Crippen LogP contribution in [0, 0.1) is 5.41 Å². The number of hydrogen-bond acceptors (Lipinski definition) is 3. The topological polar surface area (TPSA) is 67.2 Å². The smallest absolute Gasteiger partial charge is 0.227 e. The van der Waals surface area contributed by atoms with Crippen LogP contribution in [0.15, 0.2) is 18.2 Å². The molecular weight excluding hydrogens is 326 g/mol. The normalized spacial score (nSPS) is 22.0. The number of anilines is 1. The van der Waals surface area contributed by atoms with Crippen LogP contribution < -0.4 is 5.32 Å². The van der Waals surface area contributed by atoms with Gasteiger partial charge in [-0.2, -0.15) is 0 Å². The summed E-state index contributed by atoms with van der Waals surface area (Å²) in [6, 6.07) is 5.26. The molecule has 3 rings (SSSR count). The summed E-state index contributed by atoms with van der Waals surface area (Å²) in [5.74, 6) is -0.809. The van der Waals surface area contributed by atoms with E-state index >= 15 is 0 Å². The standard InChI is InChI=1S/C21H31N3O2/c1-6-20(2,3)13-18(25)23-19-22-16-11-10-14(21(4,5)26)12-17(16)24(19)15-8-7-9-15/h10-12,15,26H,6-9,13H2,1-5H3,(H,22,23,25)/i2D3,3D3,6D2. The Kier molecular flexibility index (Phi) is 2.85. The number of fused-ring (bicyclic) bond motifs is 1. The van der Waals surface area contributed by atoms with E-state index in [4.69, 9.17) is 11.0 Å². The van der Waals surface area contributed by atoms with Crippen molar-refractivity contribution in [3.05, 3.63) is 23.8 Å². The first-order valence-corrected chi connectivity index (χ1v) is 8.84. The molecule has 0 radical (unpaired) electrons. The second kappa shape index (κ2) is 6.69. The van der Waals surface area contributed by atoms with Crippen LogP contribution in [-0.4, -0.2) is 20.6 Å². The van der Waals surface area contributed by atoms with E-state index in [-0.39, 0.29) is 12.0 Å². The molecule has 1 saturated carbocycles. The molecule has 26 heavy (non-hydrogen) atoms. The number of amides is 1. The molecule has 5 heteroatoms. The molecule has 0 spiro atoms. The lowest BCUT2D eigenvalue weighted by molar-refractivity contribution is -0.118. The molecule has 5 nitrogen and oxygen atoms in total. The predicted octanol–water partition coefficient (Wildman–Crippen LogP) is 4.75. The van der Waals surface area contributed by atoms with Crippen LogP contribution in [-0.2, 0) is 10.4 Å². The van der Waals surface area contributed by atoms with Gasteiger partial charge in [0.05, 0.1) is 16.6 Å². The fourth-order valence-corrected chi connectivity index (χ4v) is 3.07. The Bertz CT molecular complexity index is 1040. The van der Waals surface area contributed by atoms with E-state index in [0.717, 1.165) is 26.2 Å². The van der Waals surface area contributed by atoms with Crippen LogP contribution in [0.2, 0.25) is 0 Å². The molecule has 0 bridgehead atoms. The quantitative estimate of drug-likeness (QED) is 0.776. The molecule has 0 unspecified atom stereocenters. The van der Waals surface area contributed by atoms with Crippen molar-refractivity contribution in [1.29, 1.82) is 0 Å². The lowest BCUT2D eigenvalue weighted by atomic mass is 9.86. The van der Waals surface area contributed by atoms with Crippen molar-refractivity contribution in [3.8, 4) is 0 Å². The van der Waals surface area contributed by atoms with E-state index in [0.29, 0.717) is 16.6 Å². The number of benzene rings is 1. The molecule has 2 N–H and O–H groups in total. The number of nitrogens with zero attached hydrogens (tertiary/aromatic N) is 2. The third-order valence-corrected chi connectivity index (χ3v) is 4.94. The Labute approximate surface area is 167 Å². The summed E-state index contributed by atoms with van der Waals surface area (Å²) < 4.78 is 65.0. The molecule has 1 aliphatic rings. The highest BCUT2D eigenvalue weighted by molar-refractivity contribution is 5.92. The molecule has 142 valence electrons. The molecule has 0 saturated heterocycles. The van der Waals surface area contributed by atoms with Crippen molar-refractivity contribution < 1.29 is 20.9 Å². The van der Waals surface area contributed by atoms with Gasteiger partial charge in [0.2, 0.25) is 11.9 Å². The zero-order valence-corrected chi connectivity index (χ0v) is 15.4. The van der Waals surface area contributed by atoms with Gasteiger partial charge in [0, 0.05) is 23.4 Å². The van der Waals surface area contributed by atoms with Gasteiger partial charge in [-0.05, 0) is 56.2 Å². The maximum Gasteiger partial charge on any atom is 0.227 e. The van der Waals surface area contributed by atoms with Crippen molar-refractivity contribution in [1.82, 2.24) is 9.55 Å². The van der Waals surface area contributed by atoms with E-state index in [9.17, 15) is 9.90 Å². The number of carbonyl (C=O) groups excluding carboxylic acids is 1. The Hall–Kier alpha value is -1.88. The fraction of sp³-hybridized carbons (Fsp3) is 0.619. The highest BCUT2D eigenvalue weighted by Crippen LogP contribution is 2.38. The van der Waals surface area contributed by atoms with Crippen LogP contribution in [0.5, 0.6) is 0 Å². The average Bonchev–Trinajstić information content (AvgIpc) is 2.91. The predicted molar refractivity (Wildman–Crippen MR) is 105 cm³/mol. The van der Waals surface area contributed by atoms with E-state index in [1.54, 1.807) is 32.0 Å². The monoisotopic (exact) mass is 365 g/mol. The zero-order valence-electron chi connectivity index (χ0n) is 23.4. The van der Waals surface area contributed by atoms with Crippen LogP contribution in [0.25, 0.3) is 11.0 Å². The van der Waals surface area contributed by atoms with E-state index in [1.807, 2.05) is 4.57 Å². The number of hydrogen-bond donors (Lipinski definition) is 2. The summed E-state index contributed by atoms with van der Waals surface area (Å²) in [7, 11) is 0. The fourth-order valence-electron chi connectivity index (χ4n) is 3.07. The summed E-state index contributed by atoms with van der Waals surface area (Å²) in [4.78, 5) is 17.6. The summed E-state index contributed by atoms with van der Waals surface area (Å²) in [5.41, 5.74) is -2.13. The van der Waals surface area contributed by atoms with Crippen LogP contribution in [0.4, 0.5) is 5.95 Å². The molecule has 1 heterocycles. The first kappa shape index (κ1) is 11.1. The molecule has 1 aliphatic carbocycles. The van der Waals surface area contributed by atoms with Gasteiger partial charge >= 0.3 is 0 Å². The number of carbonyl (C=O) groups is 1. The Morgan fingerprint density at radius 1 is 1.46 bits per heavy atom. The van der Waals surface area contributed by atoms with Crippen molar-refractivity contribution >= 4 is 22.9 Å². The first-order chi connectivity index (χ1) is 15.3. The maximum atomic E-state index is 13.1. The minimum atomic E-state index is -3.27. The Morgan fingerprint density at radius 2 is 2.19 bits per heavy atom. The van der Waals surface area contributed by atoms with Crippen LogP contribution in [0.3, 0.4) is 0 Å². The average molecular weight is 366 g/mol. The van der Waals surface area contributed by atoms with Crippen molar-refractivity contribution in [2.24, 2.45) is 5.41 Å². The van der Waals surface area contributed by atoms with Gasteiger partial charge in [-0.15, -0.1) is 0 Å². The van der Waals surface area contributed by atoms with E-state index in [1.165, 1.54) is 0 Å². The molecule has 1 aromatic heterocycles. The van der Waals surface area contributed by atoms with Crippen molar-refractivity contribution in [2.45, 2.75) is 78.2 Å². The summed E-state index contributed by atoms with van der Waals surface area (Å²) >= 11 is 0. The highest BCUT2D eigenvalue weighted by Gasteiger charge is 2.28. The minimum absolute atomic E-state index is 0.0324. The molecular formula is C21H31N3O2. The van der Waals surface area contributed by atoms with Gasteiger partial charge in [-0.3, -0.25) is 10.1 Å². The van der Waals surface area contributed by atoms with Gasteiger partial charge in [0.25, 0.3) is 0 Å². The minimum Gasteiger partial charge on any atom is -0.386 e. The lowest BCUT2D eigenvalue weighted by Gasteiger charge is -2.29. The van der Waals surface area contributed by atoms with Crippen molar-refractivity contribution in [3.63, 3.8) is 0 Å². The van der Waals surface area contributed by atoms with E-state index in [2.05, 4.69) is 10.3 Å². The van der Waals surface area contributed by atoms with Crippen LogP contribution >= 0.6 is 0 Å². The molecule has 1 amide bonds.